The zero-order chi connectivity index (χ0) is 21.6. The number of carbonyl (C=O) groups is 2. The van der Waals surface area contributed by atoms with Gasteiger partial charge in [0.05, 0.1) is 4.90 Å². The van der Waals surface area contributed by atoms with Gasteiger partial charge in [0.25, 0.3) is 11.8 Å². The van der Waals surface area contributed by atoms with Crippen molar-refractivity contribution in [2.45, 2.75) is 23.8 Å². The molecule has 2 aromatic rings. The smallest absolute Gasteiger partial charge is 0.253 e. The first kappa shape index (κ1) is 22.2. The van der Waals surface area contributed by atoms with E-state index in [1.165, 1.54) is 12.1 Å². The third-order valence-electron chi connectivity index (χ3n) is 4.42. The van der Waals surface area contributed by atoms with E-state index < -0.39 is 16.1 Å². The Morgan fingerprint density at radius 3 is 2.63 bits per heavy atom. The zero-order valence-corrected chi connectivity index (χ0v) is 17.6. The Balaban J connectivity index is 1.49. The summed E-state index contributed by atoms with van der Waals surface area (Å²) in [6.07, 6.45) is 1.06. The summed E-state index contributed by atoms with van der Waals surface area (Å²) < 4.78 is 32.2. The Morgan fingerprint density at radius 2 is 1.90 bits per heavy atom. The van der Waals surface area contributed by atoms with Gasteiger partial charge in [0.2, 0.25) is 10.0 Å². The van der Waals surface area contributed by atoms with Crippen LogP contribution in [0.1, 0.15) is 23.2 Å². The number of nitrogens with one attached hydrogen (secondary N) is 3. The highest BCUT2D eigenvalue weighted by molar-refractivity contribution is 7.89. The van der Waals surface area contributed by atoms with E-state index in [1.807, 2.05) is 0 Å². The van der Waals surface area contributed by atoms with Crippen LogP contribution < -0.4 is 15.4 Å². The van der Waals surface area contributed by atoms with E-state index in [1.54, 1.807) is 36.4 Å². The Bertz CT molecular complexity index is 1020. The molecule has 8 nitrogen and oxygen atoms in total. The number of benzene rings is 2. The lowest BCUT2D eigenvalue weighted by Gasteiger charge is -2.12. The monoisotopic (exact) mass is 451 g/mol. The summed E-state index contributed by atoms with van der Waals surface area (Å²) in [4.78, 5) is 24.5. The minimum absolute atomic E-state index is 0.00995. The lowest BCUT2D eigenvalue weighted by Crippen LogP contribution is -2.34. The highest BCUT2D eigenvalue weighted by atomic mass is 35.5. The lowest BCUT2D eigenvalue weighted by atomic mass is 10.1. The van der Waals surface area contributed by atoms with Crippen LogP contribution in [-0.2, 0) is 19.6 Å². The Kier molecular flexibility index (Phi) is 7.43. The molecule has 1 aliphatic rings. The molecular weight excluding hydrogens is 430 g/mol. The van der Waals surface area contributed by atoms with Crippen LogP contribution in [0.25, 0.3) is 0 Å². The summed E-state index contributed by atoms with van der Waals surface area (Å²) in [6.45, 7) is 0.669. The van der Waals surface area contributed by atoms with Crippen molar-refractivity contribution in [2.75, 3.05) is 25.0 Å². The van der Waals surface area contributed by atoms with Gasteiger partial charge in [-0.25, -0.2) is 13.1 Å². The number of sulfonamides is 1. The first-order chi connectivity index (χ1) is 14.3. The quantitative estimate of drug-likeness (QED) is 0.532. The molecule has 30 heavy (non-hydrogen) atoms. The molecule has 0 aromatic heterocycles. The Hall–Kier alpha value is -2.46. The molecule has 0 radical (unpaired) electrons. The summed E-state index contributed by atoms with van der Waals surface area (Å²) in [7, 11) is -3.72. The molecule has 160 valence electrons. The van der Waals surface area contributed by atoms with Gasteiger partial charge in [-0.2, -0.15) is 0 Å². The van der Waals surface area contributed by atoms with E-state index in [9.17, 15) is 18.0 Å². The van der Waals surface area contributed by atoms with E-state index >= 15 is 0 Å². The van der Waals surface area contributed by atoms with Crippen molar-refractivity contribution in [2.24, 2.45) is 0 Å². The average Bonchev–Trinajstić information content (AvgIpc) is 3.26. The topological polar surface area (TPSA) is 114 Å². The average molecular weight is 452 g/mol. The first-order valence-corrected chi connectivity index (χ1v) is 11.3. The second-order valence-corrected chi connectivity index (χ2v) is 8.89. The van der Waals surface area contributed by atoms with Gasteiger partial charge in [0, 0.05) is 36.0 Å². The molecule has 3 rings (SSSR count). The molecule has 2 aromatic carbocycles. The fourth-order valence-corrected chi connectivity index (χ4v) is 4.26. The molecule has 1 atom stereocenters. The fraction of sp³-hybridized carbons (Fsp3) is 0.300. The van der Waals surface area contributed by atoms with Crippen LogP contribution in [0.3, 0.4) is 0 Å². The highest BCUT2D eigenvalue weighted by Gasteiger charge is 2.23. The summed E-state index contributed by atoms with van der Waals surface area (Å²) in [5, 5.41) is 5.70. The van der Waals surface area contributed by atoms with E-state index in [0.29, 0.717) is 29.3 Å². The Morgan fingerprint density at radius 1 is 1.10 bits per heavy atom. The Labute approximate surface area is 180 Å². The van der Waals surface area contributed by atoms with E-state index in [4.69, 9.17) is 16.3 Å². The predicted octanol–water partition coefficient (Wildman–Crippen LogP) is 2.17. The maximum absolute atomic E-state index is 12.3. The van der Waals surface area contributed by atoms with Crippen LogP contribution in [0.2, 0.25) is 5.02 Å². The first-order valence-electron chi connectivity index (χ1n) is 9.41. The van der Waals surface area contributed by atoms with Gasteiger partial charge >= 0.3 is 0 Å². The molecule has 0 aliphatic carbocycles. The normalized spacial score (nSPS) is 16.2. The molecule has 0 bridgehead atoms. The standard InChI is InChI=1S/C20H22ClN3O5S/c21-15-5-2-7-17(13-15)30(27,28)23-10-9-22-19(25)14-4-1-6-16(12-14)24-20(26)18-8-3-11-29-18/h1-2,4-7,12-13,18,23H,3,8-11H2,(H,22,25)(H,24,26). The van der Waals surface area contributed by atoms with Crippen LogP contribution in [0.15, 0.2) is 53.4 Å². The molecule has 2 amide bonds. The van der Waals surface area contributed by atoms with Crippen LogP contribution in [0.5, 0.6) is 0 Å². The summed E-state index contributed by atoms with van der Waals surface area (Å²) in [5.41, 5.74) is 0.836. The number of hydrogen-bond acceptors (Lipinski definition) is 5. The molecule has 10 heteroatoms. The number of anilines is 1. The minimum atomic E-state index is -3.72. The van der Waals surface area contributed by atoms with Crippen molar-refractivity contribution in [3.05, 3.63) is 59.1 Å². The van der Waals surface area contributed by atoms with Gasteiger partial charge in [-0.1, -0.05) is 23.7 Å². The van der Waals surface area contributed by atoms with Gasteiger partial charge in [0.1, 0.15) is 6.10 Å². The van der Waals surface area contributed by atoms with Crippen molar-refractivity contribution in [3.63, 3.8) is 0 Å². The number of ether oxygens (including phenoxy) is 1. The number of halogens is 1. The molecule has 3 N–H and O–H groups in total. The molecular formula is C20H22ClN3O5S. The second kappa shape index (κ2) is 10.0. The molecule has 0 spiro atoms. The third-order valence-corrected chi connectivity index (χ3v) is 6.12. The maximum Gasteiger partial charge on any atom is 0.253 e. The third kappa shape index (κ3) is 6.02. The van der Waals surface area contributed by atoms with E-state index in [0.717, 1.165) is 6.42 Å². The van der Waals surface area contributed by atoms with Crippen LogP contribution in [0, 0.1) is 0 Å². The van der Waals surface area contributed by atoms with Gasteiger partial charge in [0.15, 0.2) is 0 Å². The molecule has 1 unspecified atom stereocenters. The minimum Gasteiger partial charge on any atom is -0.368 e. The van der Waals surface area contributed by atoms with Crippen molar-refractivity contribution < 1.29 is 22.7 Å². The van der Waals surface area contributed by atoms with E-state index in [-0.39, 0.29) is 29.8 Å². The van der Waals surface area contributed by atoms with Crippen molar-refractivity contribution in [1.29, 1.82) is 0 Å². The number of carbonyl (C=O) groups excluding carboxylic acids is 2. The maximum atomic E-state index is 12.3. The highest BCUT2D eigenvalue weighted by Crippen LogP contribution is 2.17. The number of hydrogen-bond donors (Lipinski definition) is 3. The summed E-state index contributed by atoms with van der Waals surface area (Å²) in [6, 6.07) is 12.4. The van der Waals surface area contributed by atoms with Crippen LogP contribution in [0.4, 0.5) is 5.69 Å². The van der Waals surface area contributed by atoms with Crippen LogP contribution in [-0.4, -0.2) is 46.0 Å². The SMILES string of the molecule is O=C(NCCNS(=O)(=O)c1cccc(Cl)c1)c1cccc(NC(=O)C2CCCO2)c1. The van der Waals surface area contributed by atoms with Crippen molar-refractivity contribution >= 4 is 39.1 Å². The van der Waals surface area contributed by atoms with Gasteiger partial charge in [-0.3, -0.25) is 9.59 Å². The fourth-order valence-electron chi connectivity index (χ4n) is 2.93. The van der Waals surface area contributed by atoms with E-state index in [2.05, 4.69) is 15.4 Å². The zero-order valence-electron chi connectivity index (χ0n) is 16.1. The second-order valence-electron chi connectivity index (χ2n) is 6.68. The largest absolute Gasteiger partial charge is 0.368 e. The molecule has 1 fully saturated rings. The number of amides is 2. The molecule has 1 aliphatic heterocycles. The van der Waals surface area contributed by atoms with Gasteiger partial charge in [-0.05, 0) is 49.2 Å². The number of rotatable bonds is 8. The van der Waals surface area contributed by atoms with Crippen LogP contribution >= 0.6 is 11.6 Å². The molecule has 1 saturated heterocycles. The molecule has 0 saturated carbocycles. The summed E-state index contributed by atoms with van der Waals surface area (Å²) in [5.74, 6) is -0.620. The summed E-state index contributed by atoms with van der Waals surface area (Å²) >= 11 is 5.82. The lowest BCUT2D eigenvalue weighted by molar-refractivity contribution is -0.124. The van der Waals surface area contributed by atoms with Gasteiger partial charge < -0.3 is 15.4 Å². The van der Waals surface area contributed by atoms with Gasteiger partial charge in [-0.15, -0.1) is 0 Å². The molecule has 1 heterocycles. The predicted molar refractivity (Wildman–Crippen MR) is 113 cm³/mol. The van der Waals surface area contributed by atoms with Crippen molar-refractivity contribution in [3.8, 4) is 0 Å². The van der Waals surface area contributed by atoms with Crippen molar-refractivity contribution in [1.82, 2.24) is 10.0 Å².